The van der Waals surface area contributed by atoms with E-state index in [1.54, 1.807) is 0 Å². The van der Waals surface area contributed by atoms with Gasteiger partial charge in [-0.2, -0.15) is 0 Å². The zero-order chi connectivity index (χ0) is 8.49. The van der Waals surface area contributed by atoms with Gasteiger partial charge in [-0.25, -0.2) is 0 Å². The predicted octanol–water partition coefficient (Wildman–Crippen LogP) is 1.77. The van der Waals surface area contributed by atoms with Crippen LogP contribution in [0.4, 0.5) is 0 Å². The van der Waals surface area contributed by atoms with Crippen molar-refractivity contribution in [2.45, 2.75) is 38.5 Å². The fourth-order valence-electron chi connectivity index (χ4n) is 1.37. The number of halogens is 2. The van der Waals surface area contributed by atoms with Crippen molar-refractivity contribution in [3.8, 4) is 0 Å². The molecule has 2 saturated heterocycles. The van der Waals surface area contributed by atoms with Crippen LogP contribution >= 0.6 is 24.8 Å². The Balaban J connectivity index is -0.000000160. The zero-order valence-electron chi connectivity index (χ0n) is 8.70. The van der Waals surface area contributed by atoms with Crippen LogP contribution in [0.25, 0.3) is 0 Å². The molecule has 5 heteroatoms. The Morgan fingerprint density at radius 2 is 0.733 bits per heavy atom. The van der Waals surface area contributed by atoms with Crippen molar-refractivity contribution in [2.75, 3.05) is 26.4 Å². The van der Waals surface area contributed by atoms with E-state index in [9.17, 15) is 0 Å². The first-order valence-electron chi connectivity index (χ1n) is 5.15. The van der Waals surface area contributed by atoms with Crippen molar-refractivity contribution in [2.24, 2.45) is 0 Å². The first kappa shape index (κ1) is 21.3. The number of rotatable bonds is 0. The van der Waals surface area contributed by atoms with Crippen molar-refractivity contribution in [1.29, 1.82) is 0 Å². The number of hydrogen-bond acceptors (Lipinski definition) is 2. The predicted molar refractivity (Wildman–Crippen MR) is 75.2 cm³/mol. The molecular formula is C10H26Cl2GeO2. The molecule has 0 N–H and O–H groups in total. The van der Waals surface area contributed by atoms with Crippen LogP contribution in [0.3, 0.4) is 0 Å². The van der Waals surface area contributed by atoms with Crippen LogP contribution < -0.4 is 0 Å². The van der Waals surface area contributed by atoms with Crippen LogP contribution in [0.15, 0.2) is 0 Å². The summed E-state index contributed by atoms with van der Waals surface area (Å²) < 4.78 is 10.1. The van der Waals surface area contributed by atoms with Gasteiger partial charge in [0, 0.05) is 26.4 Å². The molecule has 2 fully saturated rings. The van der Waals surface area contributed by atoms with Crippen LogP contribution in [-0.4, -0.2) is 44.0 Å². The second kappa shape index (κ2) is 17.4. The Morgan fingerprint density at radius 1 is 0.467 bits per heavy atom. The molecular weight excluding hydrogens is 296 g/mol. The quantitative estimate of drug-likeness (QED) is 0.633. The first-order chi connectivity index (χ1) is 6.00. The molecule has 2 rings (SSSR count). The second-order valence-electron chi connectivity index (χ2n) is 3.35. The molecule has 96 valence electrons. The van der Waals surface area contributed by atoms with Gasteiger partial charge in [0.05, 0.1) is 0 Å². The summed E-state index contributed by atoms with van der Waals surface area (Å²) in [5.41, 5.74) is 0. The average molecular weight is 322 g/mol. The van der Waals surface area contributed by atoms with Gasteiger partial charge >= 0.3 is 17.6 Å². The summed E-state index contributed by atoms with van der Waals surface area (Å²) >= 11 is 0. The van der Waals surface area contributed by atoms with E-state index in [4.69, 9.17) is 9.47 Å². The van der Waals surface area contributed by atoms with E-state index in [2.05, 4.69) is 0 Å². The third-order valence-corrected chi connectivity index (χ3v) is 2.15. The molecule has 2 heterocycles. The van der Waals surface area contributed by atoms with Crippen molar-refractivity contribution in [3.05, 3.63) is 0 Å². The molecule has 0 aromatic heterocycles. The fraction of sp³-hybridized carbons (Fsp3) is 1.00. The molecule has 0 spiro atoms. The summed E-state index contributed by atoms with van der Waals surface area (Å²) in [6.07, 6.45) is 7.86. The van der Waals surface area contributed by atoms with E-state index < -0.39 is 0 Å². The Morgan fingerprint density at radius 3 is 0.800 bits per heavy atom. The van der Waals surface area contributed by atoms with Crippen LogP contribution in [0, 0.1) is 0 Å². The minimum atomic E-state index is 0. The zero-order valence-corrected chi connectivity index (χ0v) is 10.3. The van der Waals surface area contributed by atoms with E-state index in [0.29, 0.717) is 0 Å². The first-order valence-corrected chi connectivity index (χ1v) is 5.15. The van der Waals surface area contributed by atoms with Crippen LogP contribution in [0.5, 0.6) is 0 Å². The monoisotopic (exact) mass is 322 g/mol. The molecule has 0 aromatic carbocycles. The molecule has 0 aliphatic carbocycles. The van der Waals surface area contributed by atoms with Gasteiger partial charge in [-0.05, 0) is 38.5 Å². The third kappa shape index (κ3) is 15.0. The van der Waals surface area contributed by atoms with Crippen molar-refractivity contribution >= 4 is 42.4 Å². The molecule has 2 aliphatic heterocycles. The second-order valence-corrected chi connectivity index (χ2v) is 3.35. The molecule has 15 heavy (non-hydrogen) atoms. The van der Waals surface area contributed by atoms with Crippen molar-refractivity contribution in [3.63, 3.8) is 0 Å². The summed E-state index contributed by atoms with van der Waals surface area (Å²) in [5.74, 6) is 0. The van der Waals surface area contributed by atoms with Crippen LogP contribution in [0.1, 0.15) is 38.5 Å². The molecule has 0 saturated carbocycles. The van der Waals surface area contributed by atoms with Crippen molar-refractivity contribution < 1.29 is 9.47 Å². The van der Waals surface area contributed by atoms with Gasteiger partial charge < -0.3 is 9.47 Å². The van der Waals surface area contributed by atoms with E-state index in [0.717, 1.165) is 26.4 Å². The van der Waals surface area contributed by atoms with Gasteiger partial charge in [0.25, 0.3) is 0 Å². The van der Waals surface area contributed by atoms with Crippen LogP contribution in [0.2, 0.25) is 0 Å². The summed E-state index contributed by atoms with van der Waals surface area (Å²) in [5, 5.41) is 0. The van der Waals surface area contributed by atoms with E-state index in [-0.39, 0.29) is 42.4 Å². The molecule has 0 atom stereocenters. The Hall–Kier alpha value is 1.04. The molecule has 0 aromatic rings. The SMILES string of the molecule is C1CCOCC1.C1CCOCC1.Cl.Cl.[GeH4]. The topological polar surface area (TPSA) is 18.5 Å². The molecule has 0 radical (unpaired) electrons. The van der Waals surface area contributed by atoms with E-state index >= 15 is 0 Å². The fourth-order valence-corrected chi connectivity index (χ4v) is 1.37. The van der Waals surface area contributed by atoms with Gasteiger partial charge in [0.15, 0.2) is 0 Å². The normalized spacial score (nSPS) is 19.2. The Labute approximate surface area is 117 Å². The van der Waals surface area contributed by atoms with E-state index in [1.165, 1.54) is 38.5 Å². The molecule has 0 unspecified atom stereocenters. The molecule has 2 aliphatic rings. The Bertz CT molecular complexity index is 64.4. The van der Waals surface area contributed by atoms with Gasteiger partial charge in [-0.3, -0.25) is 0 Å². The molecule has 0 amide bonds. The number of hydrogen-bond donors (Lipinski definition) is 0. The third-order valence-electron chi connectivity index (χ3n) is 2.15. The summed E-state index contributed by atoms with van der Waals surface area (Å²) in [6.45, 7) is 4.00. The summed E-state index contributed by atoms with van der Waals surface area (Å²) in [6, 6.07) is 0. The van der Waals surface area contributed by atoms with Crippen molar-refractivity contribution in [1.82, 2.24) is 0 Å². The Kier molecular flexibility index (Phi) is 24.8. The van der Waals surface area contributed by atoms with Gasteiger partial charge in [0.1, 0.15) is 0 Å². The number of ether oxygens (including phenoxy) is 2. The molecule has 2 nitrogen and oxygen atoms in total. The van der Waals surface area contributed by atoms with Gasteiger partial charge in [-0.1, -0.05) is 0 Å². The summed E-state index contributed by atoms with van der Waals surface area (Å²) in [7, 11) is 0. The van der Waals surface area contributed by atoms with Gasteiger partial charge in [-0.15, -0.1) is 24.8 Å². The minimum absolute atomic E-state index is 0. The summed E-state index contributed by atoms with van der Waals surface area (Å²) in [4.78, 5) is 0. The maximum absolute atomic E-state index is 5.07. The molecule has 0 bridgehead atoms. The average Bonchev–Trinajstić information content (AvgIpc) is 2.24. The maximum atomic E-state index is 5.07. The van der Waals surface area contributed by atoms with Gasteiger partial charge in [0.2, 0.25) is 0 Å². The van der Waals surface area contributed by atoms with Crippen LogP contribution in [-0.2, 0) is 9.47 Å². The van der Waals surface area contributed by atoms with E-state index in [1.807, 2.05) is 0 Å². The standard InChI is InChI=1S/2C5H10O.2ClH.GeH4/c2*1-2-4-6-5-3-1;;;/h2*1-5H2;2*1H;1H4.